The number of aryl methyl sites for hydroxylation is 1. The van der Waals surface area contributed by atoms with Gasteiger partial charge in [0.25, 0.3) is 0 Å². The molecule has 0 amide bonds. The van der Waals surface area contributed by atoms with E-state index in [2.05, 4.69) is 4.98 Å². The van der Waals surface area contributed by atoms with Gasteiger partial charge in [0.05, 0.1) is 19.1 Å². The third-order valence-electron chi connectivity index (χ3n) is 3.38. The molecule has 0 bridgehead atoms. The predicted molar refractivity (Wildman–Crippen MR) is 81.5 cm³/mol. The van der Waals surface area contributed by atoms with Gasteiger partial charge in [0, 0.05) is 22.7 Å². The molecule has 0 fully saturated rings. The normalized spacial score (nSPS) is 13.8. The van der Waals surface area contributed by atoms with Gasteiger partial charge in [-0.3, -0.25) is 9.59 Å². The fourth-order valence-corrected chi connectivity index (χ4v) is 2.31. The van der Waals surface area contributed by atoms with E-state index in [9.17, 15) is 19.8 Å². The Morgan fingerprint density at radius 3 is 2.73 bits per heavy atom. The second kappa shape index (κ2) is 6.72. The van der Waals surface area contributed by atoms with Crippen molar-refractivity contribution in [1.29, 1.82) is 0 Å². The Morgan fingerprint density at radius 2 is 2.05 bits per heavy atom. The zero-order valence-electron chi connectivity index (χ0n) is 12.5. The van der Waals surface area contributed by atoms with E-state index in [1.54, 1.807) is 26.0 Å². The molecule has 0 aliphatic rings. The predicted octanol–water partition coefficient (Wildman–Crippen LogP) is 1.18. The molecule has 0 spiro atoms. The number of ether oxygens (including phenoxy) is 1. The number of fused-ring (bicyclic) bond motifs is 1. The van der Waals surface area contributed by atoms with Gasteiger partial charge in [0.1, 0.15) is 6.10 Å². The van der Waals surface area contributed by atoms with Crippen molar-refractivity contribution in [1.82, 2.24) is 4.98 Å². The molecule has 3 N–H and O–H groups in total. The first kappa shape index (κ1) is 16.2. The monoisotopic (exact) mass is 305 g/mol. The van der Waals surface area contributed by atoms with E-state index >= 15 is 0 Å². The number of carbonyl (C=O) groups excluding carboxylic acids is 1. The molecule has 118 valence electrons. The van der Waals surface area contributed by atoms with Crippen LogP contribution in [0.4, 0.5) is 0 Å². The molecule has 0 aliphatic carbocycles. The van der Waals surface area contributed by atoms with Crippen LogP contribution >= 0.6 is 0 Å². The number of aromatic nitrogens is 1. The number of H-pyrrole nitrogens is 1. The van der Waals surface area contributed by atoms with Crippen molar-refractivity contribution >= 4 is 16.9 Å². The van der Waals surface area contributed by atoms with Crippen molar-refractivity contribution in [3.8, 4) is 0 Å². The van der Waals surface area contributed by atoms with Gasteiger partial charge < -0.3 is 19.9 Å². The van der Waals surface area contributed by atoms with Gasteiger partial charge in [0.2, 0.25) is 0 Å². The van der Waals surface area contributed by atoms with E-state index in [4.69, 9.17) is 4.74 Å². The second-order valence-corrected chi connectivity index (χ2v) is 5.14. The maximum Gasteiger partial charge on any atom is 0.308 e. The summed E-state index contributed by atoms with van der Waals surface area (Å²) in [5.74, 6) is -0.580. The number of aliphatic hydroxyl groups excluding tert-OH is 2. The van der Waals surface area contributed by atoms with Crippen LogP contribution in [0.5, 0.6) is 0 Å². The van der Waals surface area contributed by atoms with Crippen LogP contribution in [0.25, 0.3) is 10.9 Å². The van der Waals surface area contributed by atoms with Crippen molar-refractivity contribution in [2.45, 2.75) is 32.5 Å². The number of esters is 1. The summed E-state index contributed by atoms with van der Waals surface area (Å²) in [7, 11) is 0. The first-order valence-electron chi connectivity index (χ1n) is 7.07. The summed E-state index contributed by atoms with van der Waals surface area (Å²) in [4.78, 5) is 26.4. The van der Waals surface area contributed by atoms with Crippen LogP contribution in [0, 0.1) is 6.92 Å². The lowest BCUT2D eigenvalue weighted by molar-refractivity contribution is -0.147. The highest BCUT2D eigenvalue weighted by Gasteiger charge is 2.22. The smallest absolute Gasteiger partial charge is 0.308 e. The lowest BCUT2D eigenvalue weighted by Gasteiger charge is -2.17. The molecule has 6 heteroatoms. The molecule has 1 aromatic heterocycles. The lowest BCUT2D eigenvalue weighted by Crippen LogP contribution is -2.23. The minimum Gasteiger partial charge on any atom is -0.466 e. The summed E-state index contributed by atoms with van der Waals surface area (Å²) >= 11 is 0. The number of hydrogen-bond acceptors (Lipinski definition) is 5. The molecule has 1 heterocycles. The maximum absolute atomic E-state index is 12.0. The Hall–Kier alpha value is -2.18. The minimum atomic E-state index is -1.29. The molecular formula is C16H19NO5. The second-order valence-electron chi connectivity index (χ2n) is 5.14. The van der Waals surface area contributed by atoms with Crippen LogP contribution in [0.15, 0.2) is 29.1 Å². The van der Waals surface area contributed by atoms with Gasteiger partial charge in [-0.15, -0.1) is 0 Å². The Morgan fingerprint density at radius 1 is 1.32 bits per heavy atom. The lowest BCUT2D eigenvalue weighted by atomic mass is 10.00. The number of aliphatic hydroxyl groups is 2. The quantitative estimate of drug-likeness (QED) is 0.720. The van der Waals surface area contributed by atoms with Crippen molar-refractivity contribution in [2.75, 3.05) is 6.61 Å². The number of nitrogens with one attached hydrogen (secondary N) is 1. The number of carbonyl (C=O) groups is 1. The Labute approximate surface area is 127 Å². The van der Waals surface area contributed by atoms with E-state index in [0.717, 1.165) is 5.69 Å². The summed E-state index contributed by atoms with van der Waals surface area (Å²) in [6.45, 7) is 3.66. The van der Waals surface area contributed by atoms with Gasteiger partial charge in [0.15, 0.2) is 5.43 Å². The molecule has 6 nitrogen and oxygen atoms in total. The fraction of sp³-hybridized carbons (Fsp3) is 0.375. The Kier molecular flexibility index (Phi) is 4.95. The number of rotatable bonds is 5. The summed E-state index contributed by atoms with van der Waals surface area (Å²) < 4.78 is 4.74. The zero-order chi connectivity index (χ0) is 16.3. The molecule has 2 unspecified atom stereocenters. The molecule has 1 aromatic carbocycles. The van der Waals surface area contributed by atoms with E-state index in [1.165, 1.54) is 12.1 Å². The van der Waals surface area contributed by atoms with Crippen LogP contribution in [0.3, 0.4) is 0 Å². The highest BCUT2D eigenvalue weighted by Crippen LogP contribution is 2.22. The van der Waals surface area contributed by atoms with Crippen LogP contribution in [-0.4, -0.2) is 33.9 Å². The molecule has 2 rings (SSSR count). The van der Waals surface area contributed by atoms with Gasteiger partial charge in [-0.25, -0.2) is 0 Å². The van der Waals surface area contributed by atoms with Crippen molar-refractivity contribution in [3.05, 3.63) is 45.7 Å². The molecule has 0 saturated carbocycles. The molecule has 0 aliphatic heterocycles. The van der Waals surface area contributed by atoms with Crippen LogP contribution in [0.2, 0.25) is 0 Å². The van der Waals surface area contributed by atoms with Crippen molar-refractivity contribution in [3.63, 3.8) is 0 Å². The van der Waals surface area contributed by atoms with E-state index in [0.29, 0.717) is 16.5 Å². The Bertz CT molecular complexity index is 737. The SMILES string of the molecule is CCOC(=O)CC(O)C(O)c1ccc2[nH]c(C)cc(=O)c2c1. The molecule has 2 atom stereocenters. The topological polar surface area (TPSA) is 99.6 Å². The standard InChI is InChI=1S/C16H19NO5/c1-3-22-15(20)8-14(19)16(21)10-4-5-12-11(7-10)13(18)6-9(2)17-12/h4-7,14,16,19,21H,3,8H2,1-2H3,(H,17,18). The molecular weight excluding hydrogens is 286 g/mol. The number of hydrogen-bond donors (Lipinski definition) is 3. The summed E-state index contributed by atoms with van der Waals surface area (Å²) in [5, 5.41) is 20.5. The average Bonchev–Trinajstić information content (AvgIpc) is 2.46. The summed E-state index contributed by atoms with van der Waals surface area (Å²) in [6.07, 6.45) is -2.87. The Balaban J connectivity index is 2.26. The summed E-state index contributed by atoms with van der Waals surface area (Å²) in [6, 6.07) is 6.26. The first-order chi connectivity index (χ1) is 10.4. The minimum absolute atomic E-state index is 0.166. The zero-order valence-corrected chi connectivity index (χ0v) is 12.5. The van der Waals surface area contributed by atoms with Crippen LogP contribution in [-0.2, 0) is 9.53 Å². The number of benzene rings is 1. The highest BCUT2D eigenvalue weighted by molar-refractivity contribution is 5.79. The van der Waals surface area contributed by atoms with Crippen LogP contribution in [0.1, 0.15) is 30.7 Å². The van der Waals surface area contributed by atoms with Gasteiger partial charge in [-0.1, -0.05) is 6.07 Å². The van der Waals surface area contributed by atoms with Crippen molar-refractivity contribution < 1.29 is 19.7 Å². The molecule has 22 heavy (non-hydrogen) atoms. The third kappa shape index (κ3) is 3.52. The third-order valence-corrected chi connectivity index (χ3v) is 3.38. The molecule has 0 saturated heterocycles. The number of pyridine rings is 1. The van der Waals surface area contributed by atoms with Gasteiger partial charge in [-0.05, 0) is 31.5 Å². The van der Waals surface area contributed by atoms with Crippen LogP contribution < -0.4 is 5.43 Å². The molecule has 0 radical (unpaired) electrons. The van der Waals surface area contributed by atoms with Crippen molar-refractivity contribution in [2.24, 2.45) is 0 Å². The fourth-order valence-electron chi connectivity index (χ4n) is 2.31. The average molecular weight is 305 g/mol. The van der Waals surface area contributed by atoms with Gasteiger partial charge in [-0.2, -0.15) is 0 Å². The highest BCUT2D eigenvalue weighted by atomic mass is 16.5. The van der Waals surface area contributed by atoms with E-state index in [-0.39, 0.29) is 18.5 Å². The first-order valence-corrected chi connectivity index (χ1v) is 7.07. The largest absolute Gasteiger partial charge is 0.466 e. The van der Waals surface area contributed by atoms with E-state index < -0.39 is 18.2 Å². The summed E-state index contributed by atoms with van der Waals surface area (Å²) in [5.41, 5.74) is 1.60. The number of aromatic amines is 1. The van der Waals surface area contributed by atoms with Gasteiger partial charge >= 0.3 is 5.97 Å². The maximum atomic E-state index is 12.0. The van der Waals surface area contributed by atoms with E-state index in [1.807, 2.05) is 0 Å². The molecule has 2 aromatic rings.